The van der Waals surface area contributed by atoms with Gasteiger partial charge in [-0.05, 0) is 39.0 Å². The molecule has 2 heterocycles. The number of aryl methyl sites for hydroxylation is 2. The van der Waals surface area contributed by atoms with Crippen LogP contribution in [0.25, 0.3) is 21.9 Å². The van der Waals surface area contributed by atoms with Gasteiger partial charge in [-0.3, -0.25) is 4.79 Å². The first-order valence-corrected chi connectivity index (χ1v) is 5.50. The first-order chi connectivity index (χ1) is 8.06. The number of carbonyl (C=O) groups is 1. The van der Waals surface area contributed by atoms with Gasteiger partial charge in [-0.15, -0.1) is 0 Å². The average molecular weight is 228 g/mol. The Balaban J connectivity index is 2.58. The molecule has 0 N–H and O–H groups in total. The standard InChI is InChI=1S/C14H12O3/c1-7-4-10-6-12-11(5-8(2)16-12)13(9(3)15)14(10)17-7/h4-6H,1-3H3. The van der Waals surface area contributed by atoms with Gasteiger partial charge in [-0.25, -0.2) is 0 Å². The minimum atomic E-state index is -0.00394. The second kappa shape index (κ2) is 3.23. The topological polar surface area (TPSA) is 43.4 Å². The highest BCUT2D eigenvalue weighted by Crippen LogP contribution is 2.32. The fourth-order valence-electron chi connectivity index (χ4n) is 2.28. The third kappa shape index (κ3) is 1.39. The summed E-state index contributed by atoms with van der Waals surface area (Å²) in [7, 11) is 0. The Morgan fingerprint density at radius 3 is 2.47 bits per heavy atom. The maximum Gasteiger partial charge on any atom is 0.164 e. The molecule has 0 saturated carbocycles. The summed E-state index contributed by atoms with van der Waals surface area (Å²) < 4.78 is 11.2. The number of Topliss-reactive ketones (excluding diaryl/α,β-unsaturated/α-hetero) is 1. The number of benzene rings is 1. The van der Waals surface area contributed by atoms with Crippen LogP contribution in [0, 0.1) is 13.8 Å². The lowest BCUT2D eigenvalue weighted by atomic mass is 10.0. The molecule has 0 bridgehead atoms. The molecule has 2 aromatic heterocycles. The average Bonchev–Trinajstić information content (AvgIpc) is 2.73. The molecule has 0 aliphatic heterocycles. The van der Waals surface area contributed by atoms with E-state index in [1.807, 2.05) is 32.0 Å². The van der Waals surface area contributed by atoms with E-state index >= 15 is 0 Å². The Hall–Kier alpha value is -2.03. The number of carbonyl (C=O) groups excluding carboxylic acids is 1. The van der Waals surface area contributed by atoms with Gasteiger partial charge in [0.25, 0.3) is 0 Å². The van der Waals surface area contributed by atoms with Crippen LogP contribution < -0.4 is 0 Å². The Morgan fingerprint density at radius 1 is 1.06 bits per heavy atom. The van der Waals surface area contributed by atoms with Crippen molar-refractivity contribution in [3.05, 3.63) is 35.3 Å². The SMILES string of the molecule is CC(=O)c1c2cc(C)oc2cc2cc(C)oc12. The van der Waals surface area contributed by atoms with Crippen molar-refractivity contribution in [2.24, 2.45) is 0 Å². The van der Waals surface area contributed by atoms with Gasteiger partial charge in [0, 0.05) is 10.8 Å². The number of furan rings is 2. The summed E-state index contributed by atoms with van der Waals surface area (Å²) >= 11 is 0. The van der Waals surface area contributed by atoms with Gasteiger partial charge in [0.1, 0.15) is 22.7 Å². The zero-order valence-electron chi connectivity index (χ0n) is 9.96. The van der Waals surface area contributed by atoms with E-state index in [2.05, 4.69) is 0 Å². The molecule has 1 aromatic carbocycles. The molecule has 0 spiro atoms. The number of hydrogen-bond acceptors (Lipinski definition) is 3. The monoisotopic (exact) mass is 228 g/mol. The second-order valence-electron chi connectivity index (χ2n) is 4.35. The van der Waals surface area contributed by atoms with Gasteiger partial charge in [-0.1, -0.05) is 0 Å². The molecule has 3 rings (SSSR count). The van der Waals surface area contributed by atoms with Crippen molar-refractivity contribution in [3.63, 3.8) is 0 Å². The van der Waals surface area contributed by atoms with Gasteiger partial charge >= 0.3 is 0 Å². The van der Waals surface area contributed by atoms with E-state index in [0.717, 1.165) is 27.9 Å². The van der Waals surface area contributed by atoms with Crippen molar-refractivity contribution in [1.29, 1.82) is 0 Å². The molecule has 0 saturated heterocycles. The van der Waals surface area contributed by atoms with E-state index in [0.29, 0.717) is 11.1 Å². The van der Waals surface area contributed by atoms with E-state index < -0.39 is 0 Å². The number of rotatable bonds is 1. The first-order valence-electron chi connectivity index (χ1n) is 5.50. The van der Waals surface area contributed by atoms with Crippen molar-refractivity contribution in [1.82, 2.24) is 0 Å². The largest absolute Gasteiger partial charge is 0.461 e. The van der Waals surface area contributed by atoms with E-state index in [1.54, 1.807) is 6.92 Å². The fourth-order valence-corrected chi connectivity index (χ4v) is 2.28. The minimum Gasteiger partial charge on any atom is -0.461 e. The van der Waals surface area contributed by atoms with Crippen LogP contribution >= 0.6 is 0 Å². The zero-order valence-corrected chi connectivity index (χ0v) is 9.96. The highest BCUT2D eigenvalue weighted by molar-refractivity contribution is 6.15. The molecule has 0 radical (unpaired) electrons. The minimum absolute atomic E-state index is 0.00394. The molecular weight excluding hydrogens is 216 g/mol. The van der Waals surface area contributed by atoms with Crippen LogP contribution in [0.1, 0.15) is 28.8 Å². The molecule has 0 aliphatic carbocycles. The third-order valence-electron chi connectivity index (χ3n) is 2.90. The highest BCUT2D eigenvalue weighted by atomic mass is 16.3. The highest BCUT2D eigenvalue weighted by Gasteiger charge is 2.17. The predicted octanol–water partition coefficient (Wildman–Crippen LogP) is 4.00. The number of hydrogen-bond donors (Lipinski definition) is 0. The molecule has 3 aromatic rings. The number of fused-ring (bicyclic) bond motifs is 2. The quantitative estimate of drug-likeness (QED) is 0.591. The van der Waals surface area contributed by atoms with Crippen molar-refractivity contribution in [3.8, 4) is 0 Å². The van der Waals surface area contributed by atoms with Gasteiger partial charge in [0.2, 0.25) is 0 Å². The molecule has 3 nitrogen and oxygen atoms in total. The lowest BCUT2D eigenvalue weighted by molar-refractivity contribution is 0.102. The smallest absolute Gasteiger partial charge is 0.164 e. The molecule has 86 valence electrons. The van der Waals surface area contributed by atoms with Crippen molar-refractivity contribution in [2.75, 3.05) is 0 Å². The zero-order chi connectivity index (χ0) is 12.2. The van der Waals surface area contributed by atoms with Crippen molar-refractivity contribution >= 4 is 27.7 Å². The Kier molecular flexibility index (Phi) is 1.93. The molecule has 0 fully saturated rings. The molecule has 0 atom stereocenters. The number of ketones is 1. The normalized spacial score (nSPS) is 11.5. The molecular formula is C14H12O3. The van der Waals surface area contributed by atoms with Crippen LogP contribution in [-0.4, -0.2) is 5.78 Å². The summed E-state index contributed by atoms with van der Waals surface area (Å²) in [5.41, 5.74) is 2.01. The van der Waals surface area contributed by atoms with Crippen LogP contribution in [0.5, 0.6) is 0 Å². The van der Waals surface area contributed by atoms with Gasteiger partial charge in [-0.2, -0.15) is 0 Å². The van der Waals surface area contributed by atoms with Crippen LogP contribution in [0.4, 0.5) is 0 Å². The van der Waals surface area contributed by atoms with Gasteiger partial charge in [0.05, 0.1) is 5.56 Å². The summed E-state index contributed by atoms with van der Waals surface area (Å²) in [6, 6.07) is 5.71. The molecule has 3 heteroatoms. The van der Waals surface area contributed by atoms with Gasteiger partial charge < -0.3 is 8.83 Å². The van der Waals surface area contributed by atoms with Gasteiger partial charge in [0.15, 0.2) is 5.78 Å². The lowest BCUT2D eigenvalue weighted by Gasteiger charge is -1.99. The maximum absolute atomic E-state index is 11.8. The summed E-state index contributed by atoms with van der Waals surface area (Å²) in [6.45, 7) is 5.29. The summed E-state index contributed by atoms with van der Waals surface area (Å²) in [5.74, 6) is 1.59. The molecule has 0 unspecified atom stereocenters. The summed E-state index contributed by atoms with van der Waals surface area (Å²) in [6.07, 6.45) is 0. The van der Waals surface area contributed by atoms with E-state index in [4.69, 9.17) is 8.83 Å². The Morgan fingerprint density at radius 2 is 1.76 bits per heavy atom. The Bertz CT molecular complexity index is 689. The van der Waals surface area contributed by atoms with Crippen LogP contribution in [0.2, 0.25) is 0 Å². The molecule has 17 heavy (non-hydrogen) atoms. The molecule has 0 aliphatic rings. The van der Waals surface area contributed by atoms with Crippen LogP contribution in [0.3, 0.4) is 0 Å². The van der Waals surface area contributed by atoms with E-state index in [1.165, 1.54) is 0 Å². The first kappa shape index (κ1) is 10.1. The maximum atomic E-state index is 11.8. The molecule has 0 amide bonds. The fraction of sp³-hybridized carbons (Fsp3) is 0.214. The van der Waals surface area contributed by atoms with Crippen LogP contribution in [0.15, 0.2) is 27.0 Å². The third-order valence-corrected chi connectivity index (χ3v) is 2.90. The van der Waals surface area contributed by atoms with Crippen LogP contribution in [-0.2, 0) is 0 Å². The summed E-state index contributed by atoms with van der Waals surface area (Å²) in [4.78, 5) is 11.8. The van der Waals surface area contributed by atoms with Crippen molar-refractivity contribution < 1.29 is 13.6 Å². The lowest BCUT2D eigenvalue weighted by Crippen LogP contribution is -1.93. The second-order valence-corrected chi connectivity index (χ2v) is 4.35. The summed E-state index contributed by atoms with van der Waals surface area (Å²) in [5, 5.41) is 1.74. The van der Waals surface area contributed by atoms with E-state index in [9.17, 15) is 4.79 Å². The predicted molar refractivity (Wildman–Crippen MR) is 65.5 cm³/mol. The van der Waals surface area contributed by atoms with E-state index in [-0.39, 0.29) is 5.78 Å². The van der Waals surface area contributed by atoms with Crippen molar-refractivity contribution in [2.45, 2.75) is 20.8 Å². The Labute approximate surface area is 98.0 Å².